The summed E-state index contributed by atoms with van der Waals surface area (Å²) in [5.74, 6) is 0.974. The van der Waals surface area contributed by atoms with Gasteiger partial charge in [-0.2, -0.15) is 4.98 Å². The molecular formula is C30H41BClN3O7S. The lowest BCUT2D eigenvalue weighted by molar-refractivity contribution is 0.00344. The number of halogens is 1. The summed E-state index contributed by atoms with van der Waals surface area (Å²) in [7, 11) is -1.17. The van der Waals surface area contributed by atoms with Crippen LogP contribution in [0.25, 0.3) is 22.4 Å². The fraction of sp³-hybridized carbons (Fsp3) is 0.600. The smallest absolute Gasteiger partial charge is 0.456 e. The molecule has 0 radical (unpaired) electrons. The number of ether oxygens (including phenoxy) is 4. The number of benzene rings is 1. The molecule has 0 amide bonds. The van der Waals surface area contributed by atoms with Gasteiger partial charge in [0.2, 0.25) is 0 Å². The van der Waals surface area contributed by atoms with Crippen molar-refractivity contribution in [1.29, 1.82) is 0 Å². The second kappa shape index (κ2) is 11.5. The van der Waals surface area contributed by atoms with E-state index < -0.39 is 46.7 Å². The average Bonchev–Trinajstić information content (AvgIpc) is 3.64. The van der Waals surface area contributed by atoms with Crippen molar-refractivity contribution in [2.45, 2.75) is 70.0 Å². The van der Waals surface area contributed by atoms with Crippen LogP contribution in [0.1, 0.15) is 27.7 Å². The van der Waals surface area contributed by atoms with E-state index in [-0.39, 0.29) is 19.4 Å². The Balaban J connectivity index is 1.29. The molecule has 1 N–H and O–H groups in total. The van der Waals surface area contributed by atoms with Gasteiger partial charge < -0.3 is 33.4 Å². The minimum absolute atomic E-state index is 0.210. The van der Waals surface area contributed by atoms with Crippen LogP contribution in [0.2, 0.25) is 5.02 Å². The van der Waals surface area contributed by atoms with Crippen LogP contribution in [0.4, 0.5) is 0 Å². The highest BCUT2D eigenvalue weighted by atomic mass is 35.5. The maximum atomic E-state index is 10.2. The zero-order valence-electron chi connectivity index (χ0n) is 25.8. The van der Waals surface area contributed by atoms with Crippen LogP contribution < -0.4 is 10.2 Å². The van der Waals surface area contributed by atoms with Gasteiger partial charge in [-0.1, -0.05) is 35.9 Å². The lowest BCUT2D eigenvalue weighted by atomic mass is 9.79. The van der Waals surface area contributed by atoms with Crippen molar-refractivity contribution in [2.75, 3.05) is 44.3 Å². The standard InChI is InChI=1S/C30H41BClN3O7S/c1-29(2)30(3,4)42-31(41-29)19-10-8-18(9-11-19)24-20(32)14-21-27(34-24)35(17-37-12-13-43(5,6)7)28(33-21)40-23-16-39-25-22(36)15-38-26(23)25/h8-11,14,22-23,25-26,36H,12-13,15-17H2,1-7H3/t22?,23?,25-,26-/m1/s1. The second-order valence-corrected chi connectivity index (χ2v) is 18.3. The van der Waals surface area contributed by atoms with Gasteiger partial charge in [0.15, 0.2) is 11.8 Å². The second-order valence-electron chi connectivity index (χ2n) is 13.3. The fourth-order valence-corrected chi connectivity index (χ4v) is 6.21. The number of nitrogens with zero attached hydrogens (tertiary/aromatic N) is 3. The lowest BCUT2D eigenvalue weighted by Crippen LogP contribution is -2.41. The van der Waals surface area contributed by atoms with Crippen molar-refractivity contribution in [3.8, 4) is 17.3 Å². The summed E-state index contributed by atoms with van der Waals surface area (Å²) < 4.78 is 38.3. The number of hydrogen-bond acceptors (Lipinski definition) is 9. The first-order valence-corrected chi connectivity index (χ1v) is 18.0. The van der Waals surface area contributed by atoms with Gasteiger partial charge in [-0.3, -0.25) is 4.57 Å². The number of rotatable bonds is 9. The molecule has 0 aliphatic carbocycles. The van der Waals surface area contributed by atoms with Crippen molar-refractivity contribution < 1.29 is 33.4 Å². The monoisotopic (exact) mass is 633 g/mol. The van der Waals surface area contributed by atoms with E-state index in [1.807, 2.05) is 56.5 Å². The Labute approximate surface area is 259 Å². The fourth-order valence-electron chi connectivity index (χ4n) is 5.34. The summed E-state index contributed by atoms with van der Waals surface area (Å²) in [5, 5.41) is 10.6. The van der Waals surface area contributed by atoms with E-state index in [0.717, 1.165) is 16.8 Å². The van der Waals surface area contributed by atoms with Crippen LogP contribution in [-0.4, -0.2) is 107 Å². The lowest BCUT2D eigenvalue weighted by Gasteiger charge is -2.32. The predicted molar refractivity (Wildman–Crippen MR) is 170 cm³/mol. The van der Waals surface area contributed by atoms with E-state index >= 15 is 0 Å². The van der Waals surface area contributed by atoms with Gasteiger partial charge in [0, 0.05) is 11.3 Å². The summed E-state index contributed by atoms with van der Waals surface area (Å²) in [4.78, 5) is 9.71. The Morgan fingerprint density at radius 3 is 2.37 bits per heavy atom. The van der Waals surface area contributed by atoms with E-state index in [9.17, 15) is 5.11 Å². The normalized spacial score (nSPS) is 26.8. The molecule has 234 valence electrons. The minimum atomic E-state index is -0.712. The van der Waals surface area contributed by atoms with Gasteiger partial charge in [0.1, 0.15) is 30.6 Å². The molecule has 3 aromatic rings. The number of aromatic nitrogens is 3. The number of hydrogen-bond donors (Lipinski definition) is 1. The minimum Gasteiger partial charge on any atom is -0.456 e. The van der Waals surface area contributed by atoms with Gasteiger partial charge in [-0.05, 0) is 58.0 Å². The number of fused-ring (bicyclic) bond motifs is 2. The van der Waals surface area contributed by atoms with Gasteiger partial charge in [-0.25, -0.2) is 15.0 Å². The Morgan fingerprint density at radius 2 is 1.70 bits per heavy atom. The molecular weight excluding hydrogens is 593 g/mol. The van der Waals surface area contributed by atoms with Crippen molar-refractivity contribution >= 4 is 45.4 Å². The van der Waals surface area contributed by atoms with Gasteiger partial charge in [-0.15, -0.1) is 0 Å². The highest BCUT2D eigenvalue weighted by Crippen LogP contribution is 2.38. The summed E-state index contributed by atoms with van der Waals surface area (Å²) in [5.41, 5.74) is 2.73. The third-order valence-corrected chi connectivity index (χ3v) is 10.3. The molecule has 4 atom stereocenters. The molecule has 5 heterocycles. The maximum Gasteiger partial charge on any atom is 0.494 e. The van der Waals surface area contributed by atoms with Crippen LogP contribution in [-0.2, 0) is 30.3 Å². The van der Waals surface area contributed by atoms with Crippen LogP contribution in [0.5, 0.6) is 6.01 Å². The molecule has 3 aliphatic rings. The molecule has 43 heavy (non-hydrogen) atoms. The van der Waals surface area contributed by atoms with Gasteiger partial charge >= 0.3 is 13.1 Å². The topological polar surface area (TPSA) is 106 Å². The molecule has 0 bridgehead atoms. The van der Waals surface area contributed by atoms with Crippen molar-refractivity contribution in [2.24, 2.45) is 0 Å². The molecule has 0 saturated carbocycles. The van der Waals surface area contributed by atoms with Crippen LogP contribution >= 0.6 is 21.6 Å². The molecule has 1 aromatic carbocycles. The number of pyridine rings is 1. The molecule has 13 heteroatoms. The Kier molecular flexibility index (Phi) is 8.30. The first kappa shape index (κ1) is 31.1. The summed E-state index contributed by atoms with van der Waals surface area (Å²) >= 11 is 6.78. The highest BCUT2D eigenvalue weighted by molar-refractivity contribution is 8.32. The maximum absolute atomic E-state index is 10.2. The zero-order valence-corrected chi connectivity index (χ0v) is 27.4. The Morgan fingerprint density at radius 1 is 1.02 bits per heavy atom. The number of imidazole rings is 1. The third-order valence-electron chi connectivity index (χ3n) is 8.65. The SMILES string of the molecule is CC1(C)OB(c2ccc(-c3nc4c(cc3Cl)nc(OC3CO[C@@H]5C(O)CO[C@H]35)n4COCCS(C)(C)C)cc2)OC1(C)C. The number of aliphatic hydroxyl groups is 1. The van der Waals surface area contributed by atoms with Gasteiger partial charge in [0.25, 0.3) is 0 Å². The Bertz CT molecular complexity index is 1460. The van der Waals surface area contributed by atoms with Crippen LogP contribution in [0, 0.1) is 0 Å². The Hall–Kier alpha value is -1.90. The first-order valence-electron chi connectivity index (χ1n) is 14.6. The van der Waals surface area contributed by atoms with Crippen LogP contribution in [0.3, 0.4) is 0 Å². The predicted octanol–water partition coefficient (Wildman–Crippen LogP) is 3.62. The summed E-state index contributed by atoms with van der Waals surface area (Å²) in [6, 6.07) is 10.0. The zero-order chi connectivity index (χ0) is 30.7. The summed E-state index contributed by atoms with van der Waals surface area (Å²) in [6.07, 6.45) is 4.92. The largest absolute Gasteiger partial charge is 0.494 e. The van der Waals surface area contributed by atoms with E-state index in [1.165, 1.54) is 0 Å². The van der Waals surface area contributed by atoms with Crippen LogP contribution in [0.15, 0.2) is 30.3 Å². The molecule has 3 fully saturated rings. The molecule has 6 rings (SSSR count). The van der Waals surface area contributed by atoms with Gasteiger partial charge in [0.05, 0.1) is 41.7 Å². The van der Waals surface area contributed by atoms with Crippen molar-refractivity contribution in [1.82, 2.24) is 14.5 Å². The van der Waals surface area contributed by atoms with E-state index in [2.05, 4.69) is 18.8 Å². The van der Waals surface area contributed by atoms with E-state index in [4.69, 9.17) is 49.8 Å². The molecule has 10 nitrogen and oxygen atoms in total. The first-order chi connectivity index (χ1) is 20.2. The van der Waals surface area contributed by atoms with Crippen molar-refractivity contribution in [3.63, 3.8) is 0 Å². The quantitative estimate of drug-likeness (QED) is 0.279. The molecule has 2 unspecified atom stereocenters. The van der Waals surface area contributed by atoms with Crippen molar-refractivity contribution in [3.05, 3.63) is 35.4 Å². The molecule has 3 saturated heterocycles. The highest BCUT2D eigenvalue weighted by Gasteiger charge is 2.52. The molecule has 0 spiro atoms. The molecule has 3 aliphatic heterocycles. The summed E-state index contributed by atoms with van der Waals surface area (Å²) in [6.45, 7) is 9.48. The number of aliphatic hydroxyl groups excluding tert-OH is 1. The van der Waals surface area contributed by atoms with E-state index in [1.54, 1.807) is 6.07 Å². The third kappa shape index (κ3) is 6.18. The van der Waals surface area contributed by atoms with E-state index in [0.29, 0.717) is 41.1 Å². The average molecular weight is 634 g/mol. The molecule has 2 aromatic heterocycles.